The Bertz CT molecular complexity index is 873. The third kappa shape index (κ3) is 1.83. The maximum atomic E-state index is 11.9. The molecule has 3 N–H and O–H groups in total. The number of halogens is 1. The Hall–Kier alpha value is -2.40. The molecule has 0 amide bonds. The summed E-state index contributed by atoms with van der Waals surface area (Å²) in [5.41, 5.74) is 8.58. The number of benzene rings is 1. The van der Waals surface area contributed by atoms with E-state index in [1.54, 1.807) is 6.20 Å². The highest BCUT2D eigenvalue weighted by molar-refractivity contribution is 6.31. The average molecular weight is 287 g/mol. The van der Waals surface area contributed by atoms with E-state index >= 15 is 0 Å². The average Bonchev–Trinajstić information content (AvgIpc) is 2.43. The Morgan fingerprint density at radius 1 is 1.25 bits per heavy atom. The van der Waals surface area contributed by atoms with Crippen molar-refractivity contribution < 1.29 is 0 Å². The summed E-state index contributed by atoms with van der Waals surface area (Å²) < 4.78 is 0. The second-order valence-electron chi connectivity index (χ2n) is 4.43. The van der Waals surface area contributed by atoms with Gasteiger partial charge in [-0.05, 0) is 24.1 Å². The first-order valence-electron chi connectivity index (χ1n) is 5.97. The van der Waals surface area contributed by atoms with Crippen LogP contribution in [0.4, 0.5) is 5.82 Å². The van der Waals surface area contributed by atoms with E-state index in [0.717, 1.165) is 16.7 Å². The van der Waals surface area contributed by atoms with Crippen LogP contribution in [0.3, 0.4) is 0 Å². The molecule has 100 valence electrons. The number of hydrogen-bond donors (Lipinski definition) is 2. The number of fused-ring (bicyclic) bond motifs is 1. The number of hydrogen-bond acceptors (Lipinski definition) is 4. The smallest absolute Gasteiger partial charge is 0.261 e. The minimum atomic E-state index is -0.304. The maximum absolute atomic E-state index is 11.9. The number of nitrogens with zero attached hydrogens (tertiary/aromatic N) is 2. The lowest BCUT2D eigenvalue weighted by Gasteiger charge is -2.10. The zero-order chi connectivity index (χ0) is 14.3. The predicted molar refractivity (Wildman–Crippen MR) is 79.8 cm³/mol. The van der Waals surface area contributed by atoms with E-state index in [-0.39, 0.29) is 11.4 Å². The quantitative estimate of drug-likeness (QED) is 0.720. The van der Waals surface area contributed by atoms with E-state index in [1.165, 1.54) is 6.33 Å². The summed E-state index contributed by atoms with van der Waals surface area (Å²) in [6.45, 7) is 1.92. The fourth-order valence-electron chi connectivity index (χ4n) is 2.21. The molecule has 3 rings (SSSR count). The van der Waals surface area contributed by atoms with Crippen molar-refractivity contribution in [2.45, 2.75) is 6.92 Å². The molecule has 0 aliphatic carbocycles. The molecule has 6 heteroatoms. The number of aromatic nitrogens is 3. The molecule has 0 unspecified atom stereocenters. The molecule has 5 nitrogen and oxygen atoms in total. The highest BCUT2D eigenvalue weighted by atomic mass is 35.5. The Labute approximate surface area is 119 Å². The molecule has 0 saturated carbocycles. The molecule has 0 aliphatic heterocycles. The van der Waals surface area contributed by atoms with Gasteiger partial charge in [0.1, 0.15) is 17.5 Å². The Balaban J connectivity index is 2.44. The molecule has 3 aromatic rings. The Morgan fingerprint density at radius 2 is 2.05 bits per heavy atom. The molecule has 2 aromatic heterocycles. The van der Waals surface area contributed by atoms with Crippen LogP contribution < -0.4 is 11.3 Å². The van der Waals surface area contributed by atoms with Crippen LogP contribution in [0.25, 0.3) is 22.0 Å². The van der Waals surface area contributed by atoms with Crippen LogP contribution in [0.5, 0.6) is 0 Å². The Morgan fingerprint density at radius 3 is 2.85 bits per heavy atom. The lowest BCUT2D eigenvalue weighted by molar-refractivity contribution is 1.19. The van der Waals surface area contributed by atoms with Crippen molar-refractivity contribution in [2.24, 2.45) is 0 Å². The third-order valence-corrected chi connectivity index (χ3v) is 3.67. The lowest BCUT2D eigenvalue weighted by atomic mass is 10.0. The van der Waals surface area contributed by atoms with Crippen molar-refractivity contribution in [3.8, 4) is 11.1 Å². The number of H-pyrrole nitrogens is 1. The third-order valence-electron chi connectivity index (χ3n) is 3.26. The second-order valence-corrected chi connectivity index (χ2v) is 4.83. The topological polar surface area (TPSA) is 84.7 Å². The van der Waals surface area contributed by atoms with Crippen LogP contribution in [-0.4, -0.2) is 15.0 Å². The van der Waals surface area contributed by atoms with Crippen molar-refractivity contribution >= 4 is 28.3 Å². The summed E-state index contributed by atoms with van der Waals surface area (Å²) in [5.74, 6) is 0.165. The van der Waals surface area contributed by atoms with Gasteiger partial charge in [0.25, 0.3) is 5.56 Å². The van der Waals surface area contributed by atoms with Crippen molar-refractivity contribution in [2.75, 3.05) is 5.73 Å². The first-order valence-corrected chi connectivity index (χ1v) is 6.34. The molecule has 2 heterocycles. The number of pyridine rings is 1. The van der Waals surface area contributed by atoms with E-state index in [9.17, 15) is 4.79 Å². The normalized spacial score (nSPS) is 10.9. The largest absolute Gasteiger partial charge is 0.383 e. The van der Waals surface area contributed by atoms with Gasteiger partial charge in [-0.3, -0.25) is 4.79 Å². The number of anilines is 1. The number of nitrogen functional groups attached to an aromatic ring is 1. The fourth-order valence-corrected chi connectivity index (χ4v) is 2.38. The van der Waals surface area contributed by atoms with E-state index in [0.29, 0.717) is 15.9 Å². The van der Waals surface area contributed by atoms with Crippen molar-refractivity contribution in [1.82, 2.24) is 15.0 Å². The van der Waals surface area contributed by atoms with Gasteiger partial charge in [-0.2, -0.15) is 0 Å². The molecule has 20 heavy (non-hydrogen) atoms. The highest BCUT2D eigenvalue weighted by Crippen LogP contribution is 2.31. The number of nitrogens with two attached hydrogens (primary N) is 1. The van der Waals surface area contributed by atoms with Gasteiger partial charge in [0.2, 0.25) is 0 Å². The maximum Gasteiger partial charge on any atom is 0.261 e. The SMILES string of the molecule is Cc1c(Cl)cccc1-c1c[nH]c(=O)c2c(N)ncnc12. The van der Waals surface area contributed by atoms with E-state index in [1.807, 2.05) is 25.1 Å². The van der Waals surface area contributed by atoms with Gasteiger partial charge in [-0.15, -0.1) is 0 Å². The molecule has 0 aliphatic rings. The molecule has 0 fully saturated rings. The number of rotatable bonds is 1. The van der Waals surface area contributed by atoms with Crippen LogP contribution in [0.2, 0.25) is 5.02 Å². The standard InChI is InChI=1S/C14H11ClN4O/c1-7-8(3-2-4-10(7)15)9-5-17-14(20)11-12(9)18-6-19-13(11)16/h2-6H,1H3,(H,17,20)(H2,16,18,19). The summed E-state index contributed by atoms with van der Waals surface area (Å²) in [5, 5.41) is 0.952. The summed E-state index contributed by atoms with van der Waals surface area (Å²) >= 11 is 6.15. The van der Waals surface area contributed by atoms with E-state index < -0.39 is 0 Å². The van der Waals surface area contributed by atoms with Crippen LogP contribution in [0.15, 0.2) is 35.5 Å². The van der Waals surface area contributed by atoms with Gasteiger partial charge < -0.3 is 10.7 Å². The summed E-state index contributed by atoms with van der Waals surface area (Å²) in [7, 11) is 0. The fraction of sp³-hybridized carbons (Fsp3) is 0.0714. The minimum absolute atomic E-state index is 0.165. The van der Waals surface area contributed by atoms with Crippen molar-refractivity contribution in [3.63, 3.8) is 0 Å². The lowest BCUT2D eigenvalue weighted by Crippen LogP contribution is -2.10. The molecule has 0 atom stereocenters. The zero-order valence-corrected chi connectivity index (χ0v) is 11.4. The monoisotopic (exact) mass is 286 g/mol. The van der Waals surface area contributed by atoms with Crippen LogP contribution in [0, 0.1) is 6.92 Å². The summed E-state index contributed by atoms with van der Waals surface area (Å²) in [6.07, 6.45) is 2.97. The van der Waals surface area contributed by atoms with E-state index in [4.69, 9.17) is 17.3 Å². The molecule has 0 bridgehead atoms. The molecule has 0 saturated heterocycles. The van der Waals surface area contributed by atoms with Crippen molar-refractivity contribution in [1.29, 1.82) is 0 Å². The summed E-state index contributed by atoms with van der Waals surface area (Å²) in [4.78, 5) is 22.6. The summed E-state index contributed by atoms with van der Waals surface area (Å²) in [6, 6.07) is 5.59. The van der Waals surface area contributed by atoms with Gasteiger partial charge in [-0.1, -0.05) is 23.7 Å². The van der Waals surface area contributed by atoms with Crippen LogP contribution in [0.1, 0.15) is 5.56 Å². The number of aromatic amines is 1. The predicted octanol–water partition coefficient (Wildman–Crippen LogP) is 2.53. The Kier molecular flexibility index (Phi) is 2.91. The zero-order valence-electron chi connectivity index (χ0n) is 10.6. The molecular formula is C14H11ClN4O. The first-order chi connectivity index (χ1) is 9.59. The molecule has 1 aromatic carbocycles. The van der Waals surface area contributed by atoms with Gasteiger partial charge in [0.05, 0.1) is 5.52 Å². The first kappa shape index (κ1) is 12.6. The van der Waals surface area contributed by atoms with Gasteiger partial charge >= 0.3 is 0 Å². The van der Waals surface area contributed by atoms with E-state index in [2.05, 4.69) is 15.0 Å². The number of nitrogens with one attached hydrogen (secondary N) is 1. The molecular weight excluding hydrogens is 276 g/mol. The molecule has 0 radical (unpaired) electrons. The van der Waals surface area contributed by atoms with Gasteiger partial charge in [-0.25, -0.2) is 9.97 Å². The van der Waals surface area contributed by atoms with Crippen LogP contribution >= 0.6 is 11.6 Å². The second kappa shape index (κ2) is 4.61. The minimum Gasteiger partial charge on any atom is -0.383 e. The highest BCUT2D eigenvalue weighted by Gasteiger charge is 2.13. The van der Waals surface area contributed by atoms with Crippen LogP contribution in [-0.2, 0) is 0 Å². The van der Waals surface area contributed by atoms with Gasteiger partial charge in [0, 0.05) is 16.8 Å². The van der Waals surface area contributed by atoms with Crippen molar-refractivity contribution in [3.05, 3.63) is 51.7 Å². The molecule has 0 spiro atoms. The van der Waals surface area contributed by atoms with Gasteiger partial charge in [0.15, 0.2) is 0 Å².